The van der Waals surface area contributed by atoms with Crippen LogP contribution in [0.4, 0.5) is 0 Å². The van der Waals surface area contributed by atoms with Crippen molar-refractivity contribution in [2.45, 2.75) is 0 Å². The molecule has 12 rings (SSSR count). The van der Waals surface area contributed by atoms with Gasteiger partial charge in [-0.05, 0) is 96.7 Å². The zero-order valence-corrected chi connectivity index (χ0v) is 31.9. The highest BCUT2D eigenvalue weighted by Gasteiger charge is 2.27. The van der Waals surface area contributed by atoms with E-state index < -0.39 is 0 Å². The Bertz CT molecular complexity index is 3420. The highest BCUT2D eigenvalue weighted by atomic mass is 16.3. The van der Waals surface area contributed by atoms with E-state index in [4.69, 9.17) is 14.4 Å². The van der Waals surface area contributed by atoms with E-state index in [0.717, 1.165) is 61.3 Å². The zero-order chi connectivity index (χ0) is 38.9. The van der Waals surface area contributed by atoms with Crippen molar-refractivity contribution in [3.8, 4) is 89.5 Å². The van der Waals surface area contributed by atoms with Gasteiger partial charge in [0, 0.05) is 27.5 Å². The molecule has 2 heterocycles. The number of fused-ring (bicyclic) bond motifs is 7. The normalized spacial score (nSPS) is 11.7. The highest BCUT2D eigenvalue weighted by molar-refractivity contribution is 6.28. The Morgan fingerprint density at radius 2 is 0.831 bits per heavy atom. The van der Waals surface area contributed by atoms with Crippen molar-refractivity contribution < 1.29 is 4.42 Å². The maximum Gasteiger partial charge on any atom is 0.160 e. The number of aromatic nitrogens is 2. The first-order valence-corrected chi connectivity index (χ1v) is 20.1. The van der Waals surface area contributed by atoms with E-state index in [1.165, 1.54) is 55.1 Å². The molecule has 0 saturated carbocycles. The topological polar surface area (TPSA) is 38.9 Å². The fourth-order valence-corrected chi connectivity index (χ4v) is 9.07. The van der Waals surface area contributed by atoms with Crippen LogP contribution in [0.1, 0.15) is 0 Å². The van der Waals surface area contributed by atoms with Gasteiger partial charge in [-0.15, -0.1) is 0 Å². The van der Waals surface area contributed by atoms with Gasteiger partial charge in [0.25, 0.3) is 0 Å². The quantitative estimate of drug-likeness (QED) is 0.170. The van der Waals surface area contributed by atoms with Crippen molar-refractivity contribution in [3.05, 3.63) is 206 Å². The molecule has 0 unspecified atom stereocenters. The van der Waals surface area contributed by atoms with E-state index in [1.54, 1.807) is 0 Å². The average Bonchev–Trinajstić information content (AvgIpc) is 3.86. The smallest absolute Gasteiger partial charge is 0.160 e. The molecule has 0 atom stereocenters. The van der Waals surface area contributed by atoms with E-state index in [1.807, 2.05) is 18.2 Å². The molecule has 0 amide bonds. The second-order valence-corrected chi connectivity index (χ2v) is 15.3. The van der Waals surface area contributed by atoms with Crippen molar-refractivity contribution in [3.63, 3.8) is 0 Å². The summed E-state index contributed by atoms with van der Waals surface area (Å²) in [4.78, 5) is 10.3. The third-order valence-electron chi connectivity index (χ3n) is 11.8. The summed E-state index contributed by atoms with van der Waals surface area (Å²) in [6.07, 6.45) is 0. The van der Waals surface area contributed by atoms with Crippen molar-refractivity contribution in [1.29, 1.82) is 0 Å². The minimum atomic E-state index is 0.698. The molecule has 3 heteroatoms. The van der Waals surface area contributed by atoms with Crippen LogP contribution in [0.25, 0.3) is 122 Å². The zero-order valence-electron chi connectivity index (χ0n) is 31.9. The number of furan rings is 1. The Morgan fingerprint density at radius 1 is 0.288 bits per heavy atom. The Morgan fingerprint density at radius 3 is 1.63 bits per heavy atom. The molecule has 59 heavy (non-hydrogen) atoms. The molecule has 0 bridgehead atoms. The fourth-order valence-electron chi connectivity index (χ4n) is 9.07. The van der Waals surface area contributed by atoms with Crippen LogP contribution >= 0.6 is 0 Å². The van der Waals surface area contributed by atoms with E-state index >= 15 is 0 Å². The van der Waals surface area contributed by atoms with Gasteiger partial charge in [0.2, 0.25) is 0 Å². The van der Waals surface area contributed by atoms with Gasteiger partial charge in [-0.1, -0.05) is 176 Å². The van der Waals surface area contributed by atoms with Crippen LogP contribution < -0.4 is 0 Å². The molecule has 0 saturated heterocycles. The number of nitrogens with zero attached hydrogens (tertiary/aromatic N) is 2. The van der Waals surface area contributed by atoms with Crippen LogP contribution in [0.2, 0.25) is 0 Å². The summed E-state index contributed by atoms with van der Waals surface area (Å²) in [5.41, 5.74) is 18.7. The van der Waals surface area contributed by atoms with E-state index in [0.29, 0.717) is 5.82 Å². The summed E-state index contributed by atoms with van der Waals surface area (Å²) in [5.74, 6) is 0.698. The first-order valence-electron chi connectivity index (χ1n) is 20.1. The molecule has 1 aliphatic rings. The lowest BCUT2D eigenvalue weighted by Crippen LogP contribution is -1.96. The Labute approximate surface area is 341 Å². The molecule has 274 valence electrons. The van der Waals surface area contributed by atoms with Crippen molar-refractivity contribution >= 4 is 32.7 Å². The monoisotopic (exact) mass is 750 g/mol. The van der Waals surface area contributed by atoms with Gasteiger partial charge < -0.3 is 4.42 Å². The van der Waals surface area contributed by atoms with Gasteiger partial charge in [-0.25, -0.2) is 9.97 Å². The molecule has 0 radical (unpaired) electrons. The van der Waals surface area contributed by atoms with E-state index in [-0.39, 0.29) is 0 Å². The lowest BCUT2D eigenvalue weighted by Gasteiger charge is -2.13. The Kier molecular flexibility index (Phi) is 7.54. The van der Waals surface area contributed by atoms with Gasteiger partial charge in [-0.2, -0.15) is 0 Å². The fraction of sp³-hybridized carbons (Fsp3) is 0. The minimum absolute atomic E-state index is 0.698. The highest BCUT2D eigenvalue weighted by Crippen LogP contribution is 2.53. The second kappa shape index (κ2) is 13.4. The van der Waals surface area contributed by atoms with Crippen LogP contribution in [0.15, 0.2) is 211 Å². The third kappa shape index (κ3) is 5.51. The molecular weight excluding hydrogens is 717 g/mol. The molecule has 0 fully saturated rings. The van der Waals surface area contributed by atoms with Crippen molar-refractivity contribution in [2.75, 3.05) is 0 Å². The van der Waals surface area contributed by atoms with Crippen LogP contribution in [0.3, 0.4) is 0 Å². The summed E-state index contributed by atoms with van der Waals surface area (Å²) in [6.45, 7) is 0. The van der Waals surface area contributed by atoms with Crippen LogP contribution in [-0.2, 0) is 0 Å². The SMILES string of the molecule is c1ccc(-c2ccc(-c3nc(-c4ccccc4)cc(-c4cccc(-c5cccc(-c6cccc7c6-c6cccc8c6c-7cc6oc7ccccc7c68)c5)c4)n3)cc2)cc1. The van der Waals surface area contributed by atoms with Gasteiger partial charge >= 0.3 is 0 Å². The third-order valence-corrected chi connectivity index (χ3v) is 11.8. The number of hydrogen-bond acceptors (Lipinski definition) is 3. The number of benzene rings is 9. The maximum absolute atomic E-state index is 6.43. The lowest BCUT2D eigenvalue weighted by molar-refractivity contribution is 0.669. The second-order valence-electron chi connectivity index (χ2n) is 15.3. The number of hydrogen-bond donors (Lipinski definition) is 0. The maximum atomic E-state index is 6.43. The first-order chi connectivity index (χ1) is 29.2. The van der Waals surface area contributed by atoms with E-state index in [2.05, 4.69) is 188 Å². The summed E-state index contributed by atoms with van der Waals surface area (Å²) in [5, 5.41) is 4.87. The molecule has 11 aromatic rings. The lowest BCUT2D eigenvalue weighted by atomic mass is 9.91. The Hall–Kier alpha value is -7.88. The van der Waals surface area contributed by atoms with Gasteiger partial charge in [0.15, 0.2) is 5.82 Å². The van der Waals surface area contributed by atoms with Crippen molar-refractivity contribution in [2.24, 2.45) is 0 Å². The van der Waals surface area contributed by atoms with Crippen LogP contribution in [0.5, 0.6) is 0 Å². The standard InChI is InChI=1S/C56H34N2O/c1-3-13-35(14-4-1)36-27-29-38(30-28-36)56-57-49(37-15-5-2-6-16-37)34-50(58-56)42-20-10-18-40(32-42)39-17-9-19-41(31-39)43-22-11-23-44-48-33-52-55(45-21-7-8-26-51(45)59-52)47-25-12-24-46(53(43)44)54(47)48/h1-34H. The van der Waals surface area contributed by atoms with Crippen molar-refractivity contribution in [1.82, 2.24) is 9.97 Å². The van der Waals surface area contributed by atoms with Gasteiger partial charge in [0.05, 0.1) is 11.4 Å². The molecule has 9 aromatic carbocycles. The molecule has 2 aromatic heterocycles. The predicted octanol–water partition coefficient (Wildman–Crippen LogP) is 15.2. The molecule has 3 nitrogen and oxygen atoms in total. The summed E-state index contributed by atoms with van der Waals surface area (Å²) in [7, 11) is 0. The summed E-state index contributed by atoms with van der Waals surface area (Å²) >= 11 is 0. The van der Waals surface area contributed by atoms with Crippen LogP contribution in [-0.4, -0.2) is 9.97 Å². The molecular formula is C56H34N2O. The minimum Gasteiger partial charge on any atom is -0.456 e. The Balaban J connectivity index is 0.943. The van der Waals surface area contributed by atoms with E-state index in [9.17, 15) is 0 Å². The molecule has 0 N–H and O–H groups in total. The number of rotatable bonds is 6. The largest absolute Gasteiger partial charge is 0.456 e. The van der Waals surface area contributed by atoms with Crippen LogP contribution in [0, 0.1) is 0 Å². The molecule has 0 aliphatic heterocycles. The summed E-state index contributed by atoms with van der Waals surface area (Å²) < 4.78 is 6.43. The van der Waals surface area contributed by atoms with Gasteiger partial charge in [0.1, 0.15) is 11.2 Å². The first kappa shape index (κ1) is 33.3. The molecule has 0 spiro atoms. The average molecular weight is 751 g/mol. The summed E-state index contributed by atoms with van der Waals surface area (Å²) in [6, 6.07) is 73.2. The van der Waals surface area contributed by atoms with Gasteiger partial charge in [-0.3, -0.25) is 0 Å². The number of para-hydroxylation sites is 1. The predicted molar refractivity (Wildman–Crippen MR) is 244 cm³/mol. The molecule has 1 aliphatic carbocycles.